The van der Waals surface area contributed by atoms with Crippen LogP contribution in [0.25, 0.3) is 10.9 Å². The summed E-state index contributed by atoms with van der Waals surface area (Å²) in [7, 11) is 0. The lowest BCUT2D eigenvalue weighted by Crippen LogP contribution is -1.98. The summed E-state index contributed by atoms with van der Waals surface area (Å²) in [6.07, 6.45) is 0.671. The summed E-state index contributed by atoms with van der Waals surface area (Å²) in [4.78, 5) is 4.65. The van der Waals surface area contributed by atoms with E-state index in [-0.39, 0.29) is 5.38 Å². The van der Waals surface area contributed by atoms with Gasteiger partial charge < -0.3 is 0 Å². The normalized spacial score (nSPS) is 12.5. The van der Waals surface area contributed by atoms with Crippen LogP contribution in [0, 0.1) is 0 Å². The van der Waals surface area contributed by atoms with Gasteiger partial charge in [0.05, 0.1) is 15.9 Å². The Morgan fingerprint density at radius 3 is 2.67 bits per heavy atom. The summed E-state index contributed by atoms with van der Waals surface area (Å²) in [6, 6.07) is 18.0. The van der Waals surface area contributed by atoms with Crippen molar-refractivity contribution in [2.75, 3.05) is 0 Å². The van der Waals surface area contributed by atoms with Gasteiger partial charge in [-0.2, -0.15) is 0 Å². The summed E-state index contributed by atoms with van der Waals surface area (Å²) in [6.45, 7) is 0. The first-order valence-corrected chi connectivity index (χ1v) is 8.18. The number of alkyl halides is 1. The molecule has 0 fully saturated rings. The number of hydrogen-bond donors (Lipinski definition) is 0. The molecule has 0 amide bonds. The minimum atomic E-state index is -0.149. The Kier molecular flexibility index (Phi) is 4.48. The average molecular weight is 381 g/mol. The van der Waals surface area contributed by atoms with Gasteiger partial charge in [0.1, 0.15) is 0 Å². The highest BCUT2D eigenvalue weighted by molar-refractivity contribution is 9.10. The lowest BCUT2D eigenvalue weighted by Gasteiger charge is -2.11. The van der Waals surface area contributed by atoms with Gasteiger partial charge in [-0.25, -0.2) is 0 Å². The molecule has 3 rings (SSSR count). The summed E-state index contributed by atoms with van der Waals surface area (Å²) in [5, 5.41) is 1.66. The second kappa shape index (κ2) is 6.35. The zero-order chi connectivity index (χ0) is 14.8. The van der Waals surface area contributed by atoms with E-state index in [1.807, 2.05) is 42.5 Å². The highest BCUT2D eigenvalue weighted by Crippen LogP contribution is 2.30. The van der Waals surface area contributed by atoms with Gasteiger partial charge in [-0.15, -0.1) is 11.6 Å². The van der Waals surface area contributed by atoms with Gasteiger partial charge in [0, 0.05) is 22.0 Å². The van der Waals surface area contributed by atoms with E-state index in [2.05, 4.69) is 33.0 Å². The van der Waals surface area contributed by atoms with Gasteiger partial charge in [0.15, 0.2) is 0 Å². The largest absolute Gasteiger partial charge is 0.253 e. The number of aromatic nitrogens is 1. The number of pyridine rings is 1. The van der Waals surface area contributed by atoms with Crippen LogP contribution in [0.4, 0.5) is 0 Å². The highest BCUT2D eigenvalue weighted by Gasteiger charge is 2.12. The van der Waals surface area contributed by atoms with Crippen LogP contribution in [0.15, 0.2) is 59.1 Å². The zero-order valence-corrected chi connectivity index (χ0v) is 14.2. The Hall–Kier alpha value is -1.09. The molecule has 0 saturated heterocycles. The smallest absolute Gasteiger partial charge is 0.0705 e. The SMILES string of the molecule is Clc1cc(C(Cl)Cc2ccc3ccccc3n2)ccc1Br. The van der Waals surface area contributed by atoms with Crippen LogP contribution in [0.5, 0.6) is 0 Å². The van der Waals surface area contributed by atoms with Crippen molar-refractivity contribution in [1.29, 1.82) is 0 Å². The van der Waals surface area contributed by atoms with Crippen LogP contribution < -0.4 is 0 Å². The number of rotatable bonds is 3. The topological polar surface area (TPSA) is 12.9 Å². The zero-order valence-electron chi connectivity index (χ0n) is 11.1. The van der Waals surface area contributed by atoms with E-state index in [4.69, 9.17) is 23.2 Å². The molecule has 1 aromatic heterocycles. The monoisotopic (exact) mass is 379 g/mol. The molecule has 21 heavy (non-hydrogen) atoms. The van der Waals surface area contributed by atoms with Crippen molar-refractivity contribution in [2.45, 2.75) is 11.8 Å². The van der Waals surface area contributed by atoms with Crippen molar-refractivity contribution in [3.8, 4) is 0 Å². The summed E-state index contributed by atoms with van der Waals surface area (Å²) in [5.41, 5.74) is 2.97. The van der Waals surface area contributed by atoms with Crippen molar-refractivity contribution >= 4 is 50.0 Å². The molecule has 1 heterocycles. The molecule has 3 aromatic rings. The molecule has 0 radical (unpaired) electrons. The Labute approximate surface area is 142 Å². The molecule has 1 atom stereocenters. The van der Waals surface area contributed by atoms with Crippen molar-refractivity contribution in [1.82, 2.24) is 4.98 Å². The van der Waals surface area contributed by atoms with E-state index in [9.17, 15) is 0 Å². The third-order valence-electron chi connectivity index (χ3n) is 3.35. The van der Waals surface area contributed by atoms with E-state index in [0.717, 1.165) is 26.6 Å². The van der Waals surface area contributed by atoms with Crippen LogP contribution >= 0.6 is 39.1 Å². The molecule has 0 bridgehead atoms. The predicted molar refractivity (Wildman–Crippen MR) is 93.2 cm³/mol. The number of benzene rings is 2. The Bertz CT molecular complexity index is 789. The number of fused-ring (bicyclic) bond motifs is 1. The molecule has 0 spiro atoms. The first kappa shape index (κ1) is 14.8. The Morgan fingerprint density at radius 1 is 1.05 bits per heavy atom. The number of nitrogens with zero attached hydrogens (tertiary/aromatic N) is 1. The molecule has 0 N–H and O–H groups in total. The molecule has 1 nitrogen and oxygen atoms in total. The van der Waals surface area contributed by atoms with Crippen molar-refractivity contribution in [3.05, 3.63) is 75.4 Å². The van der Waals surface area contributed by atoms with Gasteiger partial charge in [-0.3, -0.25) is 4.98 Å². The van der Waals surface area contributed by atoms with Crippen LogP contribution in [0.1, 0.15) is 16.6 Å². The van der Waals surface area contributed by atoms with Crippen LogP contribution in [-0.2, 0) is 6.42 Å². The first-order chi connectivity index (χ1) is 10.1. The third-order valence-corrected chi connectivity index (χ3v) is 4.99. The van der Waals surface area contributed by atoms with Crippen LogP contribution in [-0.4, -0.2) is 4.98 Å². The van der Waals surface area contributed by atoms with Crippen molar-refractivity contribution in [3.63, 3.8) is 0 Å². The van der Waals surface area contributed by atoms with Crippen LogP contribution in [0.2, 0.25) is 5.02 Å². The van der Waals surface area contributed by atoms with Gasteiger partial charge >= 0.3 is 0 Å². The number of para-hydroxylation sites is 1. The molecule has 4 heteroatoms. The van der Waals surface area contributed by atoms with E-state index >= 15 is 0 Å². The van der Waals surface area contributed by atoms with Gasteiger partial charge in [-0.05, 0) is 45.8 Å². The van der Waals surface area contributed by atoms with E-state index in [1.165, 1.54) is 0 Å². The molecule has 1 unspecified atom stereocenters. The summed E-state index contributed by atoms with van der Waals surface area (Å²) < 4.78 is 0.876. The fourth-order valence-corrected chi connectivity index (χ4v) is 2.96. The summed E-state index contributed by atoms with van der Waals surface area (Å²) >= 11 is 16.0. The maximum atomic E-state index is 6.50. The van der Waals surface area contributed by atoms with Gasteiger partial charge in [-0.1, -0.05) is 41.9 Å². The Balaban J connectivity index is 1.85. The molecule has 0 aliphatic carbocycles. The maximum Gasteiger partial charge on any atom is 0.0705 e. The molecule has 0 aliphatic heterocycles. The number of halogens is 3. The Morgan fingerprint density at radius 2 is 1.86 bits per heavy atom. The van der Waals surface area contributed by atoms with Crippen LogP contribution in [0.3, 0.4) is 0 Å². The van der Waals surface area contributed by atoms with Gasteiger partial charge in [0.2, 0.25) is 0 Å². The van der Waals surface area contributed by atoms with Gasteiger partial charge in [0.25, 0.3) is 0 Å². The van der Waals surface area contributed by atoms with E-state index in [0.29, 0.717) is 11.4 Å². The van der Waals surface area contributed by atoms with E-state index < -0.39 is 0 Å². The third kappa shape index (κ3) is 3.39. The molecule has 2 aromatic carbocycles. The highest BCUT2D eigenvalue weighted by atomic mass is 79.9. The van der Waals surface area contributed by atoms with E-state index in [1.54, 1.807) is 0 Å². The second-order valence-corrected chi connectivity index (χ2v) is 6.63. The molecular weight excluding hydrogens is 369 g/mol. The predicted octanol–water partition coefficient (Wildman–Crippen LogP) is 6.17. The molecular formula is C17H12BrCl2N. The maximum absolute atomic E-state index is 6.50. The number of hydrogen-bond acceptors (Lipinski definition) is 1. The molecule has 106 valence electrons. The lowest BCUT2D eigenvalue weighted by molar-refractivity contribution is 0.888. The average Bonchev–Trinajstić information content (AvgIpc) is 2.50. The fourth-order valence-electron chi connectivity index (χ4n) is 2.23. The fraction of sp³-hybridized carbons (Fsp3) is 0.118. The standard InChI is InChI=1S/C17H12BrCl2N/c18-14-8-6-12(9-16(14)20)15(19)10-13-7-5-11-3-1-2-4-17(11)21-13/h1-9,15H,10H2. The minimum absolute atomic E-state index is 0.149. The van der Waals surface area contributed by atoms with Crippen molar-refractivity contribution < 1.29 is 0 Å². The quantitative estimate of drug-likeness (QED) is 0.495. The summed E-state index contributed by atoms with van der Waals surface area (Å²) in [5.74, 6) is 0. The second-order valence-electron chi connectivity index (χ2n) is 4.84. The minimum Gasteiger partial charge on any atom is -0.253 e. The molecule has 0 saturated carbocycles. The first-order valence-electron chi connectivity index (χ1n) is 6.57. The molecule has 0 aliphatic rings. The van der Waals surface area contributed by atoms with Crippen molar-refractivity contribution in [2.24, 2.45) is 0 Å². The lowest BCUT2D eigenvalue weighted by atomic mass is 10.1.